The van der Waals surface area contributed by atoms with Crippen molar-refractivity contribution in [1.82, 2.24) is 0 Å². The summed E-state index contributed by atoms with van der Waals surface area (Å²) in [5.74, 6) is 0.716. The molecule has 0 saturated carbocycles. The highest BCUT2D eigenvalue weighted by Gasteiger charge is 2.48. The Morgan fingerprint density at radius 1 is 1.44 bits per heavy atom. The van der Waals surface area contributed by atoms with Gasteiger partial charge in [0.25, 0.3) is 0 Å². The van der Waals surface area contributed by atoms with Gasteiger partial charge in [-0.05, 0) is 19.1 Å². The maximum Gasteiger partial charge on any atom is 0.234 e. The average Bonchev–Trinajstić information content (AvgIpc) is 2.70. The van der Waals surface area contributed by atoms with E-state index in [1.165, 1.54) is 0 Å². The van der Waals surface area contributed by atoms with Crippen molar-refractivity contribution in [2.45, 2.75) is 13.0 Å². The number of benzene rings is 1. The molecular formula is C13H16N2O3. The molecule has 18 heavy (non-hydrogen) atoms. The number of fused-ring (bicyclic) bond motifs is 2. The predicted molar refractivity (Wildman–Crippen MR) is 68.0 cm³/mol. The van der Waals surface area contributed by atoms with Crippen LogP contribution in [0.25, 0.3) is 0 Å². The molecule has 2 aliphatic heterocycles. The summed E-state index contributed by atoms with van der Waals surface area (Å²) >= 11 is 0. The summed E-state index contributed by atoms with van der Waals surface area (Å²) in [7, 11) is 1.61. The van der Waals surface area contributed by atoms with Crippen molar-refractivity contribution in [2.75, 3.05) is 31.0 Å². The molecule has 1 aromatic carbocycles. The molecule has 0 spiro atoms. The van der Waals surface area contributed by atoms with E-state index < -0.39 is 5.41 Å². The highest BCUT2D eigenvalue weighted by Crippen LogP contribution is 2.39. The van der Waals surface area contributed by atoms with Gasteiger partial charge in [0.05, 0.1) is 43.2 Å². The Bertz CT molecular complexity index is 503. The van der Waals surface area contributed by atoms with E-state index in [1.807, 2.05) is 25.1 Å². The van der Waals surface area contributed by atoms with Crippen LogP contribution in [0.3, 0.4) is 0 Å². The number of anilines is 2. The third-order valence-electron chi connectivity index (χ3n) is 3.78. The molecule has 2 N–H and O–H groups in total. The van der Waals surface area contributed by atoms with E-state index in [-0.39, 0.29) is 11.9 Å². The van der Waals surface area contributed by atoms with Crippen LogP contribution in [0.2, 0.25) is 0 Å². The zero-order valence-corrected chi connectivity index (χ0v) is 10.4. The second-order valence-corrected chi connectivity index (χ2v) is 5.00. The van der Waals surface area contributed by atoms with Crippen molar-refractivity contribution in [3.63, 3.8) is 0 Å². The second kappa shape index (κ2) is 3.88. The molecular weight excluding hydrogens is 232 g/mol. The number of methoxy groups -OCH3 is 1. The van der Waals surface area contributed by atoms with Crippen molar-refractivity contribution < 1.29 is 14.3 Å². The number of ether oxygens (including phenoxy) is 2. The lowest BCUT2D eigenvalue weighted by atomic mass is 9.84. The summed E-state index contributed by atoms with van der Waals surface area (Å²) in [4.78, 5) is 12.3. The molecule has 1 fully saturated rings. The van der Waals surface area contributed by atoms with Crippen LogP contribution < -0.4 is 15.4 Å². The average molecular weight is 248 g/mol. The lowest BCUT2D eigenvalue weighted by Gasteiger charge is -2.25. The third kappa shape index (κ3) is 1.54. The van der Waals surface area contributed by atoms with Gasteiger partial charge in [0.15, 0.2) is 0 Å². The van der Waals surface area contributed by atoms with Gasteiger partial charge >= 0.3 is 0 Å². The Hall–Kier alpha value is -1.75. The van der Waals surface area contributed by atoms with Crippen molar-refractivity contribution in [3.8, 4) is 5.75 Å². The van der Waals surface area contributed by atoms with Crippen molar-refractivity contribution in [2.24, 2.45) is 5.41 Å². The van der Waals surface area contributed by atoms with Gasteiger partial charge in [-0.15, -0.1) is 0 Å². The van der Waals surface area contributed by atoms with Crippen LogP contribution in [-0.2, 0) is 9.53 Å². The molecule has 5 nitrogen and oxygen atoms in total. The van der Waals surface area contributed by atoms with E-state index in [4.69, 9.17) is 9.47 Å². The minimum absolute atomic E-state index is 0.00662. The van der Waals surface area contributed by atoms with Gasteiger partial charge in [-0.3, -0.25) is 4.79 Å². The SMILES string of the molecule is COc1ccc2c(c1)NC(=O)C1(C)COCC1N2. The fourth-order valence-electron chi connectivity index (χ4n) is 2.43. The Kier molecular flexibility index (Phi) is 2.45. The molecule has 0 aliphatic carbocycles. The van der Waals surface area contributed by atoms with E-state index in [0.717, 1.165) is 17.1 Å². The summed E-state index contributed by atoms with van der Waals surface area (Å²) in [6, 6.07) is 5.62. The highest BCUT2D eigenvalue weighted by molar-refractivity contribution is 6.00. The molecule has 2 unspecified atom stereocenters. The Morgan fingerprint density at radius 3 is 3.06 bits per heavy atom. The molecule has 5 heteroatoms. The Labute approximate surface area is 105 Å². The Morgan fingerprint density at radius 2 is 2.28 bits per heavy atom. The third-order valence-corrected chi connectivity index (χ3v) is 3.78. The molecule has 1 aromatic rings. The molecule has 0 bridgehead atoms. The van der Waals surface area contributed by atoms with Crippen molar-refractivity contribution in [1.29, 1.82) is 0 Å². The van der Waals surface area contributed by atoms with Crippen molar-refractivity contribution in [3.05, 3.63) is 18.2 Å². The van der Waals surface area contributed by atoms with Crippen LogP contribution >= 0.6 is 0 Å². The topological polar surface area (TPSA) is 59.6 Å². The fourth-order valence-corrected chi connectivity index (χ4v) is 2.43. The first kappa shape index (κ1) is 11.3. The summed E-state index contributed by atoms with van der Waals surface area (Å²) in [5, 5.41) is 6.33. The van der Waals surface area contributed by atoms with Gasteiger partial charge in [0.1, 0.15) is 5.75 Å². The summed E-state index contributed by atoms with van der Waals surface area (Å²) in [5.41, 5.74) is 1.14. The number of hydrogen-bond donors (Lipinski definition) is 2. The summed E-state index contributed by atoms with van der Waals surface area (Å²) in [6.45, 7) is 2.92. The highest BCUT2D eigenvalue weighted by atomic mass is 16.5. The van der Waals surface area contributed by atoms with E-state index in [1.54, 1.807) is 7.11 Å². The normalized spacial score (nSPS) is 29.7. The number of carbonyl (C=O) groups is 1. The molecule has 2 atom stereocenters. The summed E-state index contributed by atoms with van der Waals surface area (Å²) < 4.78 is 10.6. The molecule has 0 radical (unpaired) electrons. The first-order valence-electron chi connectivity index (χ1n) is 5.97. The molecule has 3 rings (SSSR count). The number of hydrogen-bond acceptors (Lipinski definition) is 4. The number of amides is 1. The number of rotatable bonds is 1. The first-order chi connectivity index (χ1) is 8.63. The maximum atomic E-state index is 12.3. The standard InChI is InChI=1S/C13H16N2O3/c1-13-7-18-6-11(13)14-9-4-3-8(17-2)5-10(9)15-12(13)16/h3-5,11,14H,6-7H2,1-2H3,(H,15,16). The number of carbonyl (C=O) groups excluding carboxylic acids is 1. The Balaban J connectivity index is 2.02. The zero-order chi connectivity index (χ0) is 12.8. The molecule has 0 aromatic heterocycles. The van der Waals surface area contributed by atoms with Crippen LogP contribution in [0, 0.1) is 5.41 Å². The minimum atomic E-state index is -0.522. The van der Waals surface area contributed by atoms with Crippen LogP contribution in [0.1, 0.15) is 6.92 Å². The smallest absolute Gasteiger partial charge is 0.234 e. The van der Waals surface area contributed by atoms with E-state index >= 15 is 0 Å². The van der Waals surface area contributed by atoms with E-state index in [9.17, 15) is 4.79 Å². The van der Waals surface area contributed by atoms with Gasteiger partial charge in [-0.2, -0.15) is 0 Å². The molecule has 2 aliphatic rings. The predicted octanol–water partition coefficient (Wildman–Crippen LogP) is 1.46. The fraction of sp³-hybridized carbons (Fsp3) is 0.462. The molecule has 1 amide bonds. The lowest BCUT2D eigenvalue weighted by molar-refractivity contribution is -0.124. The number of nitrogens with one attached hydrogen (secondary N) is 2. The van der Waals surface area contributed by atoms with Crippen molar-refractivity contribution >= 4 is 17.3 Å². The van der Waals surface area contributed by atoms with E-state index in [2.05, 4.69) is 10.6 Å². The van der Waals surface area contributed by atoms with Crippen LogP contribution in [0.5, 0.6) is 5.75 Å². The van der Waals surface area contributed by atoms with Crippen LogP contribution in [0.15, 0.2) is 18.2 Å². The van der Waals surface area contributed by atoms with Gasteiger partial charge in [-0.1, -0.05) is 0 Å². The van der Waals surface area contributed by atoms with Gasteiger partial charge in [0, 0.05) is 6.07 Å². The largest absolute Gasteiger partial charge is 0.497 e. The molecule has 1 saturated heterocycles. The molecule has 2 heterocycles. The van der Waals surface area contributed by atoms with Crippen LogP contribution in [-0.4, -0.2) is 32.3 Å². The maximum absolute atomic E-state index is 12.3. The van der Waals surface area contributed by atoms with Gasteiger partial charge < -0.3 is 20.1 Å². The minimum Gasteiger partial charge on any atom is -0.497 e. The lowest BCUT2D eigenvalue weighted by Crippen LogP contribution is -2.44. The monoisotopic (exact) mass is 248 g/mol. The zero-order valence-electron chi connectivity index (χ0n) is 10.4. The van der Waals surface area contributed by atoms with Gasteiger partial charge in [0.2, 0.25) is 5.91 Å². The summed E-state index contributed by atoms with van der Waals surface area (Å²) in [6.07, 6.45) is 0. The molecule has 96 valence electrons. The van der Waals surface area contributed by atoms with Gasteiger partial charge in [-0.25, -0.2) is 0 Å². The van der Waals surface area contributed by atoms with E-state index in [0.29, 0.717) is 13.2 Å². The first-order valence-corrected chi connectivity index (χ1v) is 5.97. The second-order valence-electron chi connectivity index (χ2n) is 5.00. The quantitative estimate of drug-likeness (QED) is 0.790. The van der Waals surface area contributed by atoms with Crippen LogP contribution in [0.4, 0.5) is 11.4 Å².